The minimum absolute atomic E-state index is 0.193. The molecule has 1 aromatic carbocycles. The van der Waals surface area contributed by atoms with Crippen LogP contribution in [0.15, 0.2) is 30.6 Å². The largest absolute Gasteiger partial charge is 0.398 e. The van der Waals surface area contributed by atoms with Crippen molar-refractivity contribution < 1.29 is 5.11 Å². The highest BCUT2D eigenvalue weighted by atomic mass is 16.3. The highest BCUT2D eigenvalue weighted by molar-refractivity contribution is 6.01. The number of nitrogens with two attached hydrogens (primary N) is 1. The maximum absolute atomic E-state index is 9.62. The molecule has 0 amide bonds. The zero-order chi connectivity index (χ0) is 13.4. The SMILES string of the molecule is CC1CCN(c2ccc(N)c3cnccc23)C1CO. The molecule has 2 atom stereocenters. The second-order valence-electron chi connectivity index (χ2n) is 5.30. The van der Waals surface area contributed by atoms with Crippen LogP contribution in [0.5, 0.6) is 0 Å². The predicted octanol–water partition coefficient (Wildman–Crippen LogP) is 2.02. The zero-order valence-electron chi connectivity index (χ0n) is 11.1. The standard InChI is InChI=1S/C15H19N3O/c1-10-5-7-18(15(10)9-19)14-3-2-13(16)12-8-17-6-4-11(12)14/h2-4,6,8,10,15,19H,5,7,9,16H2,1H3. The van der Waals surface area contributed by atoms with Crippen LogP contribution in [0.1, 0.15) is 13.3 Å². The minimum Gasteiger partial charge on any atom is -0.398 e. The maximum Gasteiger partial charge on any atom is 0.0637 e. The maximum atomic E-state index is 9.62. The second kappa shape index (κ2) is 4.70. The summed E-state index contributed by atoms with van der Waals surface area (Å²) in [7, 11) is 0. The van der Waals surface area contributed by atoms with Gasteiger partial charge in [0.2, 0.25) is 0 Å². The van der Waals surface area contributed by atoms with E-state index in [1.54, 1.807) is 6.20 Å². The van der Waals surface area contributed by atoms with Crippen LogP contribution >= 0.6 is 0 Å². The number of aliphatic hydroxyl groups is 1. The number of benzene rings is 1. The second-order valence-corrected chi connectivity index (χ2v) is 5.30. The van der Waals surface area contributed by atoms with Gasteiger partial charge in [-0.25, -0.2) is 0 Å². The monoisotopic (exact) mass is 257 g/mol. The van der Waals surface area contributed by atoms with Gasteiger partial charge in [0.05, 0.1) is 12.6 Å². The Kier molecular flexibility index (Phi) is 3.03. The molecule has 0 bridgehead atoms. The number of nitrogen functional groups attached to an aromatic ring is 1. The summed E-state index contributed by atoms with van der Waals surface area (Å²) in [4.78, 5) is 6.45. The fraction of sp³-hybridized carbons (Fsp3) is 0.400. The minimum atomic E-state index is 0.193. The van der Waals surface area contributed by atoms with Gasteiger partial charge in [0.1, 0.15) is 0 Å². The molecule has 3 rings (SSSR count). The number of anilines is 2. The van der Waals surface area contributed by atoms with E-state index in [9.17, 15) is 5.11 Å². The van der Waals surface area contributed by atoms with Crippen molar-refractivity contribution in [1.29, 1.82) is 0 Å². The number of aliphatic hydroxyl groups excluding tert-OH is 1. The molecule has 1 aliphatic rings. The van der Waals surface area contributed by atoms with Gasteiger partial charge in [-0.15, -0.1) is 0 Å². The molecule has 4 nitrogen and oxygen atoms in total. The van der Waals surface area contributed by atoms with E-state index in [0.29, 0.717) is 5.92 Å². The average Bonchev–Trinajstić information content (AvgIpc) is 2.80. The van der Waals surface area contributed by atoms with Crippen LogP contribution in [0.25, 0.3) is 10.8 Å². The van der Waals surface area contributed by atoms with Crippen molar-refractivity contribution in [2.24, 2.45) is 5.92 Å². The topological polar surface area (TPSA) is 62.4 Å². The molecule has 2 unspecified atom stereocenters. The molecule has 0 radical (unpaired) electrons. The quantitative estimate of drug-likeness (QED) is 0.808. The van der Waals surface area contributed by atoms with Crippen LogP contribution in [-0.4, -0.2) is 29.3 Å². The number of hydrogen-bond donors (Lipinski definition) is 2. The first-order valence-corrected chi connectivity index (χ1v) is 6.72. The number of hydrogen-bond acceptors (Lipinski definition) is 4. The molecule has 100 valence electrons. The van der Waals surface area contributed by atoms with Crippen LogP contribution in [0.2, 0.25) is 0 Å². The van der Waals surface area contributed by atoms with Crippen LogP contribution in [0.4, 0.5) is 11.4 Å². The van der Waals surface area contributed by atoms with Gasteiger partial charge in [-0.05, 0) is 30.5 Å². The van der Waals surface area contributed by atoms with Crippen molar-refractivity contribution in [2.75, 3.05) is 23.8 Å². The van der Waals surface area contributed by atoms with Gasteiger partial charge in [-0.1, -0.05) is 6.92 Å². The van der Waals surface area contributed by atoms with E-state index < -0.39 is 0 Å². The number of nitrogens with zero attached hydrogens (tertiary/aromatic N) is 2. The molecule has 0 aliphatic carbocycles. The van der Waals surface area contributed by atoms with Crippen LogP contribution in [0.3, 0.4) is 0 Å². The lowest BCUT2D eigenvalue weighted by Gasteiger charge is -2.28. The van der Waals surface area contributed by atoms with Crippen molar-refractivity contribution >= 4 is 22.1 Å². The Balaban J connectivity index is 2.13. The van der Waals surface area contributed by atoms with E-state index in [0.717, 1.165) is 35.1 Å². The van der Waals surface area contributed by atoms with Crippen LogP contribution < -0.4 is 10.6 Å². The van der Waals surface area contributed by atoms with E-state index in [1.807, 2.05) is 18.3 Å². The Morgan fingerprint density at radius 3 is 3.00 bits per heavy atom. The number of pyridine rings is 1. The third-order valence-electron chi connectivity index (χ3n) is 4.21. The van der Waals surface area contributed by atoms with Gasteiger partial charge >= 0.3 is 0 Å². The lowest BCUT2D eigenvalue weighted by molar-refractivity contribution is 0.245. The Morgan fingerprint density at radius 2 is 2.21 bits per heavy atom. The lowest BCUT2D eigenvalue weighted by atomic mass is 10.0. The third-order valence-corrected chi connectivity index (χ3v) is 4.21. The van der Waals surface area contributed by atoms with Crippen molar-refractivity contribution in [2.45, 2.75) is 19.4 Å². The molecule has 4 heteroatoms. The summed E-state index contributed by atoms with van der Waals surface area (Å²) < 4.78 is 0. The van der Waals surface area contributed by atoms with Gasteiger partial charge in [0.15, 0.2) is 0 Å². The highest BCUT2D eigenvalue weighted by Crippen LogP contribution is 2.36. The molecule has 19 heavy (non-hydrogen) atoms. The fourth-order valence-electron chi connectivity index (χ4n) is 3.03. The molecule has 2 heterocycles. The first-order valence-electron chi connectivity index (χ1n) is 6.72. The number of fused-ring (bicyclic) bond motifs is 1. The van der Waals surface area contributed by atoms with Gasteiger partial charge in [0.25, 0.3) is 0 Å². The summed E-state index contributed by atoms with van der Waals surface area (Å²) in [6.07, 6.45) is 4.71. The smallest absolute Gasteiger partial charge is 0.0637 e. The van der Waals surface area contributed by atoms with Crippen molar-refractivity contribution in [3.8, 4) is 0 Å². The summed E-state index contributed by atoms with van der Waals surface area (Å²) in [6.45, 7) is 3.37. The molecular formula is C15H19N3O. The van der Waals surface area contributed by atoms with Crippen LogP contribution in [0, 0.1) is 5.92 Å². The zero-order valence-corrected chi connectivity index (χ0v) is 11.1. The summed E-state index contributed by atoms with van der Waals surface area (Å²) in [5.74, 6) is 0.513. The van der Waals surface area contributed by atoms with Crippen molar-refractivity contribution in [3.05, 3.63) is 30.6 Å². The summed E-state index contributed by atoms with van der Waals surface area (Å²) >= 11 is 0. The molecule has 1 saturated heterocycles. The van der Waals surface area contributed by atoms with Gasteiger partial charge in [-0.2, -0.15) is 0 Å². The fourth-order valence-corrected chi connectivity index (χ4v) is 3.03. The molecular weight excluding hydrogens is 238 g/mol. The van der Waals surface area contributed by atoms with E-state index in [4.69, 9.17) is 5.73 Å². The molecule has 3 N–H and O–H groups in total. The summed E-state index contributed by atoms with van der Waals surface area (Å²) in [5, 5.41) is 11.7. The molecule has 2 aromatic rings. The Morgan fingerprint density at radius 1 is 1.37 bits per heavy atom. The van der Waals surface area contributed by atoms with Gasteiger partial charge < -0.3 is 15.7 Å². The average molecular weight is 257 g/mol. The summed E-state index contributed by atoms with van der Waals surface area (Å²) in [5.41, 5.74) is 7.91. The van der Waals surface area contributed by atoms with Gasteiger partial charge in [0, 0.05) is 41.1 Å². The number of rotatable bonds is 2. The normalized spacial score (nSPS) is 23.2. The Hall–Kier alpha value is -1.81. The molecule has 1 aliphatic heterocycles. The van der Waals surface area contributed by atoms with Crippen molar-refractivity contribution in [3.63, 3.8) is 0 Å². The molecule has 1 fully saturated rings. The molecule has 0 saturated carbocycles. The Bertz CT molecular complexity index is 599. The van der Waals surface area contributed by atoms with Crippen LogP contribution in [-0.2, 0) is 0 Å². The van der Waals surface area contributed by atoms with Gasteiger partial charge in [-0.3, -0.25) is 4.98 Å². The summed E-state index contributed by atoms with van der Waals surface area (Å²) in [6, 6.07) is 6.17. The van der Waals surface area contributed by atoms with E-state index in [2.05, 4.69) is 22.9 Å². The van der Waals surface area contributed by atoms with E-state index in [-0.39, 0.29) is 12.6 Å². The third kappa shape index (κ3) is 1.92. The van der Waals surface area contributed by atoms with Crippen molar-refractivity contribution in [1.82, 2.24) is 4.98 Å². The highest BCUT2D eigenvalue weighted by Gasteiger charge is 2.31. The predicted molar refractivity (Wildman–Crippen MR) is 78.2 cm³/mol. The first kappa shape index (κ1) is 12.2. The molecule has 1 aromatic heterocycles. The first-order chi connectivity index (χ1) is 9.22. The van der Waals surface area contributed by atoms with E-state index in [1.165, 1.54) is 0 Å². The molecule has 0 spiro atoms. The van der Waals surface area contributed by atoms with E-state index >= 15 is 0 Å². The lowest BCUT2D eigenvalue weighted by Crippen LogP contribution is -2.35. The Labute approximate surface area is 112 Å². The number of aromatic nitrogens is 1.